The molecular formula is C13H13FO5. The molecule has 0 unspecified atom stereocenters. The Balaban J connectivity index is 2.33. The van der Waals surface area contributed by atoms with Gasteiger partial charge in [0.1, 0.15) is 5.82 Å². The van der Waals surface area contributed by atoms with Crippen molar-refractivity contribution >= 4 is 11.8 Å². The number of carbonyl (C=O) groups is 2. The lowest BCUT2D eigenvalue weighted by Crippen LogP contribution is -2.19. The summed E-state index contributed by atoms with van der Waals surface area (Å²) in [6.07, 6.45) is 0.664. The Bertz CT molecular complexity index is 512. The molecule has 2 rings (SSSR count). The zero-order valence-corrected chi connectivity index (χ0v) is 10.4. The maximum Gasteiger partial charge on any atom is 0.379 e. The van der Waals surface area contributed by atoms with Gasteiger partial charge in [-0.15, -0.1) is 0 Å². The van der Waals surface area contributed by atoms with E-state index in [1.165, 1.54) is 6.07 Å². The number of benzene rings is 1. The molecule has 0 amide bonds. The van der Waals surface area contributed by atoms with E-state index in [1.807, 2.05) is 0 Å². The van der Waals surface area contributed by atoms with Crippen LogP contribution in [0.2, 0.25) is 0 Å². The fourth-order valence-corrected chi connectivity index (χ4v) is 1.66. The molecule has 0 aromatic heterocycles. The number of rotatable bonds is 3. The monoisotopic (exact) mass is 268 g/mol. The summed E-state index contributed by atoms with van der Waals surface area (Å²) in [5.41, 5.74) is -0.372. The topological polar surface area (TPSA) is 61.8 Å². The van der Waals surface area contributed by atoms with E-state index < -0.39 is 17.6 Å². The largest absolute Gasteiger partial charge is 0.490 e. The van der Waals surface area contributed by atoms with Gasteiger partial charge in [-0.3, -0.25) is 4.79 Å². The number of ketones is 1. The van der Waals surface area contributed by atoms with Gasteiger partial charge in [0.25, 0.3) is 5.78 Å². The second kappa shape index (κ2) is 5.69. The Morgan fingerprint density at radius 2 is 1.89 bits per heavy atom. The molecule has 102 valence electrons. The number of fused-ring (bicyclic) bond motifs is 1. The highest BCUT2D eigenvalue weighted by atomic mass is 19.1. The lowest BCUT2D eigenvalue weighted by Gasteiger charge is -2.09. The summed E-state index contributed by atoms with van der Waals surface area (Å²) < 4.78 is 29.0. The van der Waals surface area contributed by atoms with Crippen LogP contribution in [0.1, 0.15) is 23.7 Å². The van der Waals surface area contributed by atoms with Gasteiger partial charge >= 0.3 is 5.97 Å². The molecule has 5 nitrogen and oxygen atoms in total. The molecule has 0 spiro atoms. The van der Waals surface area contributed by atoms with Crippen LogP contribution in [0.15, 0.2) is 12.1 Å². The van der Waals surface area contributed by atoms with Crippen molar-refractivity contribution < 1.29 is 28.2 Å². The maximum atomic E-state index is 13.8. The average molecular weight is 268 g/mol. The molecule has 0 radical (unpaired) electrons. The zero-order chi connectivity index (χ0) is 13.8. The molecule has 1 aromatic rings. The number of halogens is 1. The Labute approximate surface area is 109 Å². The molecule has 1 aliphatic heterocycles. The molecule has 1 heterocycles. The van der Waals surface area contributed by atoms with Crippen LogP contribution in [0.4, 0.5) is 4.39 Å². The van der Waals surface area contributed by atoms with Crippen LogP contribution in [0, 0.1) is 5.82 Å². The van der Waals surface area contributed by atoms with E-state index in [9.17, 15) is 14.0 Å². The van der Waals surface area contributed by atoms with Gasteiger partial charge < -0.3 is 14.2 Å². The van der Waals surface area contributed by atoms with Gasteiger partial charge in [-0.25, -0.2) is 9.18 Å². The van der Waals surface area contributed by atoms with Crippen molar-refractivity contribution in [3.63, 3.8) is 0 Å². The van der Waals surface area contributed by atoms with E-state index in [2.05, 4.69) is 4.74 Å². The number of Topliss-reactive ketones (excluding diaryl/α,β-unsaturated/α-hetero) is 1. The maximum absolute atomic E-state index is 13.8. The number of ether oxygens (including phenoxy) is 3. The van der Waals surface area contributed by atoms with Crippen molar-refractivity contribution in [1.82, 2.24) is 0 Å². The lowest BCUT2D eigenvalue weighted by molar-refractivity contribution is -0.137. The van der Waals surface area contributed by atoms with Crippen LogP contribution in [0.25, 0.3) is 0 Å². The highest BCUT2D eigenvalue weighted by Crippen LogP contribution is 2.32. The van der Waals surface area contributed by atoms with E-state index in [0.29, 0.717) is 19.6 Å². The molecular weight excluding hydrogens is 255 g/mol. The Hall–Kier alpha value is -2.11. The molecule has 0 atom stereocenters. The predicted octanol–water partition coefficient (Wildman–Crippen LogP) is 1.73. The summed E-state index contributed by atoms with van der Waals surface area (Å²) in [4.78, 5) is 23.0. The van der Waals surface area contributed by atoms with Gasteiger partial charge in [-0.05, 0) is 13.0 Å². The van der Waals surface area contributed by atoms with Crippen molar-refractivity contribution in [2.75, 3.05) is 19.8 Å². The number of carbonyl (C=O) groups excluding carboxylic acids is 2. The summed E-state index contributed by atoms with van der Waals surface area (Å²) in [7, 11) is 0. The Morgan fingerprint density at radius 3 is 2.53 bits per heavy atom. The highest BCUT2D eigenvalue weighted by Gasteiger charge is 2.24. The highest BCUT2D eigenvalue weighted by molar-refractivity contribution is 6.40. The van der Waals surface area contributed by atoms with Crippen molar-refractivity contribution in [3.8, 4) is 11.5 Å². The van der Waals surface area contributed by atoms with E-state index >= 15 is 0 Å². The zero-order valence-electron chi connectivity index (χ0n) is 10.4. The molecule has 0 saturated carbocycles. The van der Waals surface area contributed by atoms with Crippen LogP contribution < -0.4 is 9.47 Å². The van der Waals surface area contributed by atoms with Gasteiger partial charge in [0.15, 0.2) is 11.5 Å². The molecule has 6 heteroatoms. The number of hydrogen-bond acceptors (Lipinski definition) is 5. The summed E-state index contributed by atoms with van der Waals surface area (Å²) in [6.45, 7) is 2.44. The third-order valence-corrected chi connectivity index (χ3v) is 2.54. The molecule has 1 aromatic carbocycles. The summed E-state index contributed by atoms with van der Waals surface area (Å²) in [5, 5.41) is 0. The lowest BCUT2D eigenvalue weighted by atomic mass is 10.1. The molecule has 0 fully saturated rings. The predicted molar refractivity (Wildman–Crippen MR) is 63.0 cm³/mol. The van der Waals surface area contributed by atoms with Gasteiger partial charge in [-0.2, -0.15) is 0 Å². The van der Waals surface area contributed by atoms with Crippen LogP contribution in [0.3, 0.4) is 0 Å². The average Bonchev–Trinajstić information content (AvgIpc) is 2.62. The Morgan fingerprint density at radius 1 is 1.26 bits per heavy atom. The molecule has 1 aliphatic rings. The van der Waals surface area contributed by atoms with Crippen molar-refractivity contribution in [2.45, 2.75) is 13.3 Å². The fourth-order valence-electron chi connectivity index (χ4n) is 1.66. The summed E-state index contributed by atoms with van der Waals surface area (Å²) in [6, 6.07) is 2.22. The van der Waals surface area contributed by atoms with Crippen LogP contribution in [-0.4, -0.2) is 31.6 Å². The van der Waals surface area contributed by atoms with Crippen LogP contribution >= 0.6 is 0 Å². The normalized spacial score (nSPS) is 13.6. The molecule has 0 aliphatic carbocycles. The third kappa shape index (κ3) is 2.83. The molecule has 0 bridgehead atoms. The van der Waals surface area contributed by atoms with E-state index in [4.69, 9.17) is 9.47 Å². The van der Waals surface area contributed by atoms with E-state index in [0.717, 1.165) is 6.07 Å². The molecule has 0 saturated heterocycles. The van der Waals surface area contributed by atoms with Crippen molar-refractivity contribution in [3.05, 3.63) is 23.5 Å². The summed E-state index contributed by atoms with van der Waals surface area (Å²) >= 11 is 0. The minimum atomic E-state index is -1.09. The van der Waals surface area contributed by atoms with Crippen LogP contribution in [0.5, 0.6) is 11.5 Å². The van der Waals surface area contributed by atoms with Gasteiger partial charge in [-0.1, -0.05) is 0 Å². The quantitative estimate of drug-likeness (QED) is 0.474. The summed E-state index contributed by atoms with van der Waals surface area (Å²) in [5.74, 6) is -2.46. The SMILES string of the molecule is CCOC(=O)C(=O)c1cc2c(cc1F)OCCCO2. The molecule has 0 N–H and O–H groups in total. The van der Waals surface area contributed by atoms with Gasteiger partial charge in [0, 0.05) is 12.5 Å². The van der Waals surface area contributed by atoms with Gasteiger partial charge in [0.05, 0.1) is 25.4 Å². The van der Waals surface area contributed by atoms with Crippen molar-refractivity contribution in [2.24, 2.45) is 0 Å². The first-order chi connectivity index (χ1) is 9.13. The van der Waals surface area contributed by atoms with E-state index in [-0.39, 0.29) is 23.7 Å². The second-order valence-electron chi connectivity index (χ2n) is 3.88. The smallest absolute Gasteiger partial charge is 0.379 e. The van der Waals surface area contributed by atoms with Crippen molar-refractivity contribution in [1.29, 1.82) is 0 Å². The standard InChI is InChI=1S/C13H13FO5/c1-2-17-13(16)12(15)8-6-10-11(7-9(8)14)19-5-3-4-18-10/h6-7H,2-5H2,1H3. The van der Waals surface area contributed by atoms with Gasteiger partial charge in [0.2, 0.25) is 0 Å². The van der Waals surface area contributed by atoms with E-state index in [1.54, 1.807) is 6.92 Å². The molecule has 19 heavy (non-hydrogen) atoms. The first-order valence-electron chi connectivity index (χ1n) is 5.94. The second-order valence-corrected chi connectivity index (χ2v) is 3.88. The first kappa shape index (κ1) is 13.3. The number of esters is 1. The third-order valence-electron chi connectivity index (χ3n) is 2.54. The van der Waals surface area contributed by atoms with Crippen LogP contribution in [-0.2, 0) is 9.53 Å². The minimum absolute atomic E-state index is 0.0523. The minimum Gasteiger partial charge on any atom is -0.490 e. The number of hydrogen-bond donors (Lipinski definition) is 0. The fraction of sp³-hybridized carbons (Fsp3) is 0.385. The Kier molecular flexibility index (Phi) is 3.99. The first-order valence-corrected chi connectivity index (χ1v) is 5.94.